The van der Waals surface area contributed by atoms with Crippen molar-refractivity contribution in [3.63, 3.8) is 0 Å². The van der Waals surface area contributed by atoms with Crippen LogP contribution in [-0.2, 0) is 13.6 Å². The molecule has 5 nitrogen and oxygen atoms in total. The van der Waals surface area contributed by atoms with E-state index >= 15 is 0 Å². The first kappa shape index (κ1) is 15.9. The molecule has 0 saturated carbocycles. The molecule has 0 aliphatic carbocycles. The summed E-state index contributed by atoms with van der Waals surface area (Å²) in [5, 5.41) is 7.66. The van der Waals surface area contributed by atoms with Gasteiger partial charge < -0.3 is 10.2 Å². The molecule has 0 bridgehead atoms. The van der Waals surface area contributed by atoms with Gasteiger partial charge in [-0.15, -0.1) is 0 Å². The maximum Gasteiger partial charge on any atom is 0.193 e. The second-order valence-electron chi connectivity index (χ2n) is 5.99. The zero-order valence-corrected chi connectivity index (χ0v) is 13.8. The molecule has 0 spiro atoms. The van der Waals surface area contributed by atoms with Crippen LogP contribution < -0.4 is 5.32 Å². The fourth-order valence-corrected chi connectivity index (χ4v) is 3.40. The van der Waals surface area contributed by atoms with Gasteiger partial charge in [-0.25, -0.2) is 0 Å². The average Bonchev–Trinajstić information content (AvgIpc) is 3.11. The van der Waals surface area contributed by atoms with Crippen LogP contribution in [0.15, 0.2) is 17.4 Å². The number of rotatable bonds is 5. The molecule has 0 aromatic carbocycles. The zero-order valence-electron chi connectivity index (χ0n) is 13.8. The van der Waals surface area contributed by atoms with Crippen LogP contribution in [-0.4, -0.2) is 40.8 Å². The van der Waals surface area contributed by atoms with Crippen LogP contribution in [0.5, 0.6) is 0 Å². The largest absolute Gasteiger partial charge is 0.352 e. The van der Waals surface area contributed by atoms with Gasteiger partial charge in [-0.05, 0) is 18.3 Å². The van der Waals surface area contributed by atoms with Gasteiger partial charge in [0, 0.05) is 45.5 Å². The Kier molecular flexibility index (Phi) is 5.65. The predicted octanol–water partition coefficient (Wildman–Crippen LogP) is 2.25. The minimum Gasteiger partial charge on any atom is -0.352 e. The fraction of sp³-hybridized carbons (Fsp3) is 0.750. The number of aryl methyl sites for hydroxylation is 1. The molecule has 1 fully saturated rings. The number of nitrogens with zero attached hydrogens (tertiary/aromatic N) is 4. The Morgan fingerprint density at radius 1 is 1.48 bits per heavy atom. The minimum absolute atomic E-state index is 0.784. The van der Waals surface area contributed by atoms with Crippen molar-refractivity contribution >= 4 is 5.96 Å². The van der Waals surface area contributed by atoms with Crippen LogP contribution >= 0.6 is 0 Å². The molecule has 1 aromatic heterocycles. The Bertz CT molecular complexity index is 461. The van der Waals surface area contributed by atoms with E-state index in [1.54, 1.807) is 0 Å². The van der Waals surface area contributed by atoms with Crippen molar-refractivity contribution in [3.8, 4) is 0 Å². The third-order valence-corrected chi connectivity index (χ3v) is 4.66. The molecule has 0 radical (unpaired) electrons. The van der Waals surface area contributed by atoms with Crippen molar-refractivity contribution in [2.24, 2.45) is 23.9 Å². The van der Waals surface area contributed by atoms with Gasteiger partial charge in [0.1, 0.15) is 0 Å². The number of guanidine groups is 1. The van der Waals surface area contributed by atoms with E-state index in [1.807, 2.05) is 31.2 Å². The molecule has 1 aliphatic heterocycles. The van der Waals surface area contributed by atoms with E-state index < -0.39 is 0 Å². The number of nitrogens with one attached hydrogen (secondary N) is 1. The molecule has 5 heteroatoms. The predicted molar refractivity (Wildman–Crippen MR) is 87.2 cm³/mol. The van der Waals surface area contributed by atoms with E-state index in [0.717, 1.165) is 37.4 Å². The summed E-state index contributed by atoms with van der Waals surface area (Å²) >= 11 is 0. The highest BCUT2D eigenvalue weighted by atomic mass is 15.3. The normalized spacial score (nSPS) is 19.6. The first-order valence-corrected chi connectivity index (χ1v) is 8.11. The van der Waals surface area contributed by atoms with Crippen molar-refractivity contribution in [2.75, 3.05) is 20.1 Å². The molecule has 1 atom stereocenters. The molecular formula is C16H29N5. The highest BCUT2D eigenvalue weighted by molar-refractivity contribution is 5.80. The van der Waals surface area contributed by atoms with Crippen molar-refractivity contribution in [1.82, 2.24) is 20.0 Å². The second-order valence-corrected chi connectivity index (χ2v) is 5.99. The number of aromatic nitrogens is 2. The van der Waals surface area contributed by atoms with Crippen LogP contribution in [0, 0.1) is 11.8 Å². The van der Waals surface area contributed by atoms with Gasteiger partial charge in [0.05, 0.1) is 6.20 Å². The minimum atomic E-state index is 0.784. The van der Waals surface area contributed by atoms with Gasteiger partial charge in [0.25, 0.3) is 0 Å². The topological polar surface area (TPSA) is 45.4 Å². The summed E-state index contributed by atoms with van der Waals surface area (Å²) in [6, 6.07) is 0. The molecule has 21 heavy (non-hydrogen) atoms. The van der Waals surface area contributed by atoms with E-state index in [2.05, 4.69) is 34.2 Å². The molecule has 2 rings (SSSR count). The first-order valence-electron chi connectivity index (χ1n) is 8.11. The molecule has 118 valence electrons. The standard InChI is InChI=1S/C16H29N5/c1-5-14(6-2)15-7-8-21(12-15)16(17-3)18-9-13-10-19-20(4)11-13/h10-11,14-15H,5-9,12H2,1-4H3,(H,17,18). The Morgan fingerprint density at radius 3 is 2.81 bits per heavy atom. The SMILES string of the molecule is CCC(CC)C1CCN(C(=NC)NCc2cnn(C)c2)C1. The summed E-state index contributed by atoms with van der Waals surface area (Å²) < 4.78 is 1.83. The smallest absolute Gasteiger partial charge is 0.193 e. The Hall–Kier alpha value is -1.52. The van der Waals surface area contributed by atoms with E-state index in [-0.39, 0.29) is 0 Å². The van der Waals surface area contributed by atoms with Crippen LogP contribution in [0.3, 0.4) is 0 Å². The molecule has 2 heterocycles. The lowest BCUT2D eigenvalue weighted by atomic mass is 9.87. The highest BCUT2D eigenvalue weighted by Crippen LogP contribution is 2.28. The summed E-state index contributed by atoms with van der Waals surface area (Å²) in [6.45, 7) is 7.66. The molecule has 1 saturated heterocycles. The summed E-state index contributed by atoms with van der Waals surface area (Å²) in [4.78, 5) is 6.84. The lowest BCUT2D eigenvalue weighted by Gasteiger charge is -2.24. The number of hydrogen-bond acceptors (Lipinski definition) is 2. The van der Waals surface area contributed by atoms with Crippen LogP contribution in [0.4, 0.5) is 0 Å². The molecule has 1 aliphatic rings. The van der Waals surface area contributed by atoms with Crippen molar-refractivity contribution < 1.29 is 0 Å². The van der Waals surface area contributed by atoms with Crippen LogP contribution in [0.2, 0.25) is 0 Å². The molecule has 1 aromatic rings. The number of likely N-dealkylation sites (tertiary alicyclic amines) is 1. The first-order chi connectivity index (χ1) is 10.2. The Labute approximate surface area is 128 Å². The Morgan fingerprint density at radius 2 is 2.24 bits per heavy atom. The third-order valence-electron chi connectivity index (χ3n) is 4.66. The van der Waals surface area contributed by atoms with E-state index in [9.17, 15) is 0 Å². The van der Waals surface area contributed by atoms with Gasteiger partial charge in [-0.3, -0.25) is 9.67 Å². The number of hydrogen-bond donors (Lipinski definition) is 1. The summed E-state index contributed by atoms with van der Waals surface area (Å²) in [5.74, 6) is 2.69. The van der Waals surface area contributed by atoms with Crippen LogP contribution in [0.25, 0.3) is 0 Å². The highest BCUT2D eigenvalue weighted by Gasteiger charge is 2.29. The zero-order chi connectivity index (χ0) is 15.2. The van der Waals surface area contributed by atoms with E-state index in [1.165, 1.54) is 24.8 Å². The van der Waals surface area contributed by atoms with E-state index in [0.29, 0.717) is 0 Å². The van der Waals surface area contributed by atoms with E-state index in [4.69, 9.17) is 0 Å². The maximum absolute atomic E-state index is 4.44. The number of aliphatic imine (C=N–C) groups is 1. The van der Waals surface area contributed by atoms with Gasteiger partial charge in [0.2, 0.25) is 0 Å². The molecule has 1 unspecified atom stereocenters. The Balaban J connectivity index is 1.87. The molecular weight excluding hydrogens is 262 g/mol. The quantitative estimate of drug-likeness (QED) is 0.668. The lowest BCUT2D eigenvalue weighted by Crippen LogP contribution is -2.40. The average molecular weight is 291 g/mol. The lowest BCUT2D eigenvalue weighted by molar-refractivity contribution is 0.319. The fourth-order valence-electron chi connectivity index (χ4n) is 3.40. The monoisotopic (exact) mass is 291 g/mol. The van der Waals surface area contributed by atoms with Gasteiger partial charge in [0.15, 0.2) is 5.96 Å². The summed E-state index contributed by atoms with van der Waals surface area (Å²) in [7, 11) is 3.81. The van der Waals surface area contributed by atoms with Crippen LogP contribution in [0.1, 0.15) is 38.7 Å². The second kappa shape index (κ2) is 7.48. The van der Waals surface area contributed by atoms with Crippen molar-refractivity contribution in [3.05, 3.63) is 18.0 Å². The third kappa shape index (κ3) is 3.99. The van der Waals surface area contributed by atoms with Crippen molar-refractivity contribution in [2.45, 2.75) is 39.7 Å². The van der Waals surface area contributed by atoms with Gasteiger partial charge in [-0.2, -0.15) is 5.10 Å². The molecule has 1 N–H and O–H groups in total. The molecule has 0 amide bonds. The summed E-state index contributed by atoms with van der Waals surface area (Å²) in [6.07, 6.45) is 7.81. The van der Waals surface area contributed by atoms with Gasteiger partial charge >= 0.3 is 0 Å². The van der Waals surface area contributed by atoms with Crippen molar-refractivity contribution in [1.29, 1.82) is 0 Å². The maximum atomic E-state index is 4.44. The van der Waals surface area contributed by atoms with Gasteiger partial charge in [-0.1, -0.05) is 26.7 Å². The summed E-state index contributed by atoms with van der Waals surface area (Å²) in [5.41, 5.74) is 1.19.